The number of urea groups is 2. The van der Waals surface area contributed by atoms with Crippen LogP contribution in [-0.2, 0) is 0 Å². The first kappa shape index (κ1) is 30.5. The smallest absolute Gasteiger partial charge is 0.323 e. The van der Waals surface area contributed by atoms with Crippen LogP contribution in [0, 0.1) is 19.8 Å². The Bertz CT molecular complexity index is 1540. The molecule has 4 N–H and O–H groups in total. The average Bonchev–Trinajstić information content (AvgIpc) is 3.60. The molecule has 3 heterocycles. The Morgan fingerprint density at radius 3 is 2.48 bits per heavy atom. The largest absolute Gasteiger partial charge is 0.487 e. The Balaban J connectivity index is 1.34. The maximum absolute atomic E-state index is 13.7. The van der Waals surface area contributed by atoms with Crippen LogP contribution in [0.2, 0.25) is 0 Å². The van der Waals surface area contributed by atoms with E-state index in [4.69, 9.17) is 18.7 Å². The Morgan fingerprint density at radius 2 is 1.77 bits per heavy atom. The number of nitrogens with zero attached hydrogens (tertiary/aromatic N) is 3. The lowest BCUT2D eigenvalue weighted by molar-refractivity contribution is 0.0371. The van der Waals surface area contributed by atoms with Crippen LogP contribution in [0.5, 0.6) is 17.2 Å². The Kier molecular flexibility index (Phi) is 8.81. The predicted octanol–water partition coefficient (Wildman–Crippen LogP) is 4.05. The van der Waals surface area contributed by atoms with Crippen molar-refractivity contribution in [3.63, 3.8) is 0 Å². The first-order valence-corrected chi connectivity index (χ1v) is 14.2. The van der Waals surface area contributed by atoms with E-state index in [1.165, 1.54) is 11.0 Å². The Morgan fingerprint density at radius 1 is 1.07 bits per heavy atom. The minimum absolute atomic E-state index is 0.132. The number of hydrogen-bond donors (Lipinski definition) is 4. The van der Waals surface area contributed by atoms with Crippen LogP contribution < -0.4 is 30.2 Å². The monoisotopic (exact) mass is 608 g/mol. The maximum Gasteiger partial charge on any atom is 0.323 e. The molecule has 5 amide bonds. The molecule has 0 fully saturated rings. The Hall–Kier alpha value is -4.98. The number of benzene rings is 2. The lowest BCUT2D eigenvalue weighted by atomic mass is 9.99. The van der Waals surface area contributed by atoms with Crippen LogP contribution in [0.4, 0.5) is 26.7 Å². The van der Waals surface area contributed by atoms with E-state index in [1.807, 2.05) is 6.92 Å². The van der Waals surface area contributed by atoms with Gasteiger partial charge in [0.25, 0.3) is 5.91 Å². The molecule has 0 saturated carbocycles. The number of aliphatic hydroxyl groups is 1. The van der Waals surface area contributed by atoms with E-state index in [1.54, 1.807) is 63.1 Å². The molecular formula is C30H36N6O8. The number of carbonyl (C=O) groups is 3. The molecule has 0 unspecified atom stereocenters. The Labute approximate surface area is 254 Å². The van der Waals surface area contributed by atoms with Crippen LogP contribution in [0.25, 0.3) is 0 Å². The fourth-order valence-corrected chi connectivity index (χ4v) is 5.00. The highest BCUT2D eigenvalue weighted by atomic mass is 16.7. The summed E-state index contributed by atoms with van der Waals surface area (Å²) in [4.78, 5) is 42.7. The second-order valence-corrected chi connectivity index (χ2v) is 11.0. The summed E-state index contributed by atoms with van der Waals surface area (Å²) in [5, 5.41) is 22.1. The second-order valence-electron chi connectivity index (χ2n) is 11.0. The van der Waals surface area contributed by atoms with Crippen molar-refractivity contribution < 1.29 is 38.2 Å². The number of rotatable bonds is 7. The third-order valence-corrected chi connectivity index (χ3v) is 7.62. The molecule has 3 aromatic rings. The minimum Gasteiger partial charge on any atom is -0.487 e. The number of carbonyl (C=O) groups excluding carboxylic acids is 3. The van der Waals surface area contributed by atoms with Gasteiger partial charge in [-0.25, -0.2) is 9.59 Å². The van der Waals surface area contributed by atoms with Crippen molar-refractivity contribution in [2.75, 3.05) is 49.5 Å². The number of nitrogens with one attached hydrogen (secondary N) is 3. The van der Waals surface area contributed by atoms with Gasteiger partial charge in [0, 0.05) is 37.0 Å². The summed E-state index contributed by atoms with van der Waals surface area (Å²) >= 11 is 0. The zero-order valence-corrected chi connectivity index (χ0v) is 25.2. The molecule has 44 heavy (non-hydrogen) atoms. The van der Waals surface area contributed by atoms with Gasteiger partial charge in [-0.05, 0) is 51.1 Å². The van der Waals surface area contributed by atoms with E-state index < -0.39 is 18.2 Å². The minimum atomic E-state index is -0.541. The molecule has 0 spiro atoms. The fourth-order valence-electron chi connectivity index (χ4n) is 5.00. The fraction of sp³-hybridized carbons (Fsp3) is 0.400. The molecular weight excluding hydrogens is 572 g/mol. The van der Waals surface area contributed by atoms with Gasteiger partial charge in [-0.1, -0.05) is 12.1 Å². The van der Waals surface area contributed by atoms with Gasteiger partial charge in [-0.3, -0.25) is 4.79 Å². The van der Waals surface area contributed by atoms with Gasteiger partial charge in [0.1, 0.15) is 23.2 Å². The summed E-state index contributed by atoms with van der Waals surface area (Å²) < 4.78 is 22.2. The predicted molar refractivity (Wildman–Crippen MR) is 160 cm³/mol. The summed E-state index contributed by atoms with van der Waals surface area (Å²) in [6.45, 7) is 7.44. The van der Waals surface area contributed by atoms with E-state index in [0.29, 0.717) is 45.8 Å². The number of aliphatic hydroxyl groups excluding tert-OH is 1. The molecule has 0 aliphatic carbocycles. The van der Waals surface area contributed by atoms with Gasteiger partial charge in [-0.15, -0.1) is 0 Å². The summed E-state index contributed by atoms with van der Waals surface area (Å²) in [6, 6.07) is 8.53. The van der Waals surface area contributed by atoms with Gasteiger partial charge < -0.3 is 49.6 Å². The average molecular weight is 609 g/mol. The normalized spacial score (nSPS) is 18.0. The van der Waals surface area contributed by atoms with Crippen molar-refractivity contribution >= 4 is 35.0 Å². The van der Waals surface area contributed by atoms with E-state index in [2.05, 4.69) is 21.1 Å². The number of anilines is 3. The first-order chi connectivity index (χ1) is 21.0. The molecule has 2 aliphatic rings. The van der Waals surface area contributed by atoms with Gasteiger partial charge in [-0.2, -0.15) is 0 Å². The van der Waals surface area contributed by atoms with Gasteiger partial charge in [0.2, 0.25) is 6.79 Å². The van der Waals surface area contributed by atoms with E-state index >= 15 is 0 Å². The number of hydrogen-bond acceptors (Lipinski definition) is 9. The van der Waals surface area contributed by atoms with Gasteiger partial charge in [0.05, 0.1) is 24.8 Å². The topological polar surface area (TPSA) is 168 Å². The van der Waals surface area contributed by atoms with Crippen molar-refractivity contribution in [3.05, 3.63) is 53.4 Å². The second kappa shape index (κ2) is 12.7. The van der Waals surface area contributed by atoms with Crippen molar-refractivity contribution in [1.29, 1.82) is 0 Å². The zero-order valence-electron chi connectivity index (χ0n) is 25.2. The van der Waals surface area contributed by atoms with E-state index in [9.17, 15) is 19.5 Å². The molecule has 0 bridgehead atoms. The third-order valence-electron chi connectivity index (χ3n) is 7.62. The SMILES string of the molecule is Cc1noc(C)c1NC(=O)Nc1ccc2c(c1)C(=O)N([C@H](C)CO)C[C@H](C)[C@@H](CN(C)C(=O)Nc1ccc3c(c1)OCO3)O2. The highest BCUT2D eigenvalue weighted by Crippen LogP contribution is 2.35. The van der Waals surface area contributed by atoms with Crippen molar-refractivity contribution in [2.45, 2.75) is 39.8 Å². The standard InChI is InChI=1S/C30H36N6O8/c1-16-12-36(17(2)14-37)28(38)22-10-20(31-29(39)33-27-18(3)34-44-19(27)4)6-8-23(22)43-26(16)13-35(5)30(40)32-21-7-9-24-25(11-21)42-15-41-24/h6-11,16-17,26,37H,12-15H2,1-5H3,(H,32,40)(H2,31,33,39)/t16-,17+,26+/m0/s1. The first-order valence-electron chi connectivity index (χ1n) is 14.2. The number of amides is 5. The molecule has 14 heteroatoms. The molecule has 2 aliphatic heterocycles. The molecule has 0 radical (unpaired) electrons. The highest BCUT2D eigenvalue weighted by Gasteiger charge is 2.34. The lowest BCUT2D eigenvalue weighted by Gasteiger charge is -2.38. The maximum atomic E-state index is 13.7. The van der Waals surface area contributed by atoms with Gasteiger partial charge >= 0.3 is 12.1 Å². The highest BCUT2D eigenvalue weighted by molar-refractivity contribution is 6.03. The number of fused-ring (bicyclic) bond motifs is 2. The van der Waals surface area contributed by atoms with E-state index in [0.717, 1.165) is 0 Å². The van der Waals surface area contributed by atoms with Crippen molar-refractivity contribution in [1.82, 2.24) is 15.0 Å². The molecule has 234 valence electrons. The van der Waals surface area contributed by atoms with Crippen molar-refractivity contribution in [3.8, 4) is 17.2 Å². The molecule has 14 nitrogen and oxygen atoms in total. The number of ether oxygens (including phenoxy) is 3. The van der Waals surface area contributed by atoms with Crippen molar-refractivity contribution in [2.24, 2.45) is 5.92 Å². The molecule has 0 saturated heterocycles. The number of aryl methyl sites for hydroxylation is 2. The molecule has 5 rings (SSSR count). The summed E-state index contributed by atoms with van der Waals surface area (Å²) in [5.41, 5.74) is 2.11. The number of likely N-dealkylation sites (N-methyl/N-ethyl adjacent to an activating group) is 1. The summed E-state index contributed by atoms with van der Waals surface area (Å²) in [5.74, 6) is 1.36. The summed E-state index contributed by atoms with van der Waals surface area (Å²) in [6.07, 6.45) is -0.510. The summed E-state index contributed by atoms with van der Waals surface area (Å²) in [7, 11) is 1.65. The van der Waals surface area contributed by atoms with Crippen LogP contribution >= 0.6 is 0 Å². The van der Waals surface area contributed by atoms with Crippen LogP contribution in [0.3, 0.4) is 0 Å². The lowest BCUT2D eigenvalue weighted by Crippen LogP contribution is -2.50. The quantitative estimate of drug-likeness (QED) is 0.309. The molecule has 1 aromatic heterocycles. The van der Waals surface area contributed by atoms with Crippen LogP contribution in [-0.4, -0.2) is 83.7 Å². The van der Waals surface area contributed by atoms with Crippen LogP contribution in [0.1, 0.15) is 35.7 Å². The molecule has 3 atom stereocenters. The van der Waals surface area contributed by atoms with Crippen LogP contribution in [0.15, 0.2) is 40.9 Å². The van der Waals surface area contributed by atoms with Gasteiger partial charge in [0.15, 0.2) is 17.3 Å². The van der Waals surface area contributed by atoms with E-state index in [-0.39, 0.29) is 49.9 Å². The number of aromatic nitrogens is 1. The molecule has 2 aromatic carbocycles. The third kappa shape index (κ3) is 6.49. The zero-order chi connectivity index (χ0) is 31.5.